The van der Waals surface area contributed by atoms with E-state index < -0.39 is 12.1 Å². The second kappa shape index (κ2) is 8.80. The van der Waals surface area contributed by atoms with Crippen LogP contribution in [0.15, 0.2) is 48.5 Å². The molecule has 0 aromatic heterocycles. The maximum Gasteiger partial charge on any atom is 0.338 e. The molecule has 0 saturated heterocycles. The largest absolute Gasteiger partial charge is 0.481 e. The minimum absolute atomic E-state index is 0.0407. The van der Waals surface area contributed by atoms with Crippen molar-refractivity contribution >= 4 is 23.3 Å². The van der Waals surface area contributed by atoms with Gasteiger partial charge in [0.15, 0.2) is 11.9 Å². The van der Waals surface area contributed by atoms with Crippen molar-refractivity contribution in [3.63, 3.8) is 0 Å². The van der Waals surface area contributed by atoms with Crippen molar-refractivity contribution < 1.29 is 23.9 Å². The van der Waals surface area contributed by atoms with E-state index in [1.165, 1.54) is 13.0 Å². The highest BCUT2D eigenvalue weighted by molar-refractivity contribution is 5.96. The molecule has 0 bridgehead atoms. The molecule has 2 aromatic carbocycles. The second-order valence-electron chi connectivity index (χ2n) is 5.63. The zero-order chi connectivity index (χ0) is 19.1. The molecule has 1 amide bonds. The zero-order valence-electron chi connectivity index (χ0n) is 14.9. The molecule has 0 aliphatic heterocycles. The van der Waals surface area contributed by atoms with Crippen LogP contribution in [0.3, 0.4) is 0 Å². The van der Waals surface area contributed by atoms with Gasteiger partial charge >= 0.3 is 5.97 Å². The van der Waals surface area contributed by atoms with Crippen LogP contribution in [-0.4, -0.2) is 30.4 Å². The average Bonchev–Trinajstić information content (AvgIpc) is 2.62. The number of esters is 1. The summed E-state index contributed by atoms with van der Waals surface area (Å²) in [5.41, 5.74) is 1.50. The first kappa shape index (κ1) is 19.2. The third-order valence-electron chi connectivity index (χ3n) is 3.59. The van der Waals surface area contributed by atoms with Gasteiger partial charge in [0.2, 0.25) is 0 Å². The van der Waals surface area contributed by atoms with E-state index in [4.69, 9.17) is 9.47 Å². The first-order chi connectivity index (χ1) is 12.4. The summed E-state index contributed by atoms with van der Waals surface area (Å²) in [6.07, 6.45) is -0.778. The summed E-state index contributed by atoms with van der Waals surface area (Å²) >= 11 is 0. The van der Waals surface area contributed by atoms with Crippen LogP contribution in [0.1, 0.15) is 41.5 Å². The molecule has 0 unspecified atom stereocenters. The fourth-order valence-electron chi connectivity index (χ4n) is 2.20. The van der Waals surface area contributed by atoms with E-state index in [2.05, 4.69) is 5.32 Å². The van der Waals surface area contributed by atoms with Gasteiger partial charge in [0.05, 0.1) is 12.2 Å². The summed E-state index contributed by atoms with van der Waals surface area (Å²) in [4.78, 5) is 35.3. The lowest BCUT2D eigenvalue weighted by Crippen LogP contribution is -2.30. The number of nitrogens with one attached hydrogen (secondary N) is 1. The topological polar surface area (TPSA) is 81.7 Å². The monoisotopic (exact) mass is 355 g/mol. The fourth-order valence-corrected chi connectivity index (χ4v) is 2.20. The van der Waals surface area contributed by atoms with Gasteiger partial charge in [-0.3, -0.25) is 9.59 Å². The molecule has 136 valence electrons. The van der Waals surface area contributed by atoms with E-state index >= 15 is 0 Å². The molecule has 6 nitrogen and oxygen atoms in total. The maximum absolute atomic E-state index is 12.3. The SMILES string of the molecule is CCOC(=O)c1cccc(O[C@H](C)C(=O)Nc2ccc(C(C)=O)cc2)c1. The number of ether oxygens (including phenoxy) is 2. The smallest absolute Gasteiger partial charge is 0.338 e. The van der Waals surface area contributed by atoms with Gasteiger partial charge in [-0.25, -0.2) is 4.79 Å². The number of rotatable bonds is 7. The Morgan fingerprint density at radius 1 is 1.04 bits per heavy atom. The number of benzene rings is 2. The van der Waals surface area contributed by atoms with Crippen molar-refractivity contribution in [2.45, 2.75) is 26.9 Å². The molecule has 0 aliphatic carbocycles. The van der Waals surface area contributed by atoms with Crippen molar-refractivity contribution in [3.8, 4) is 5.75 Å². The third kappa shape index (κ3) is 5.17. The average molecular weight is 355 g/mol. The van der Waals surface area contributed by atoms with Crippen molar-refractivity contribution in [1.82, 2.24) is 0 Å². The van der Waals surface area contributed by atoms with Crippen LogP contribution < -0.4 is 10.1 Å². The van der Waals surface area contributed by atoms with E-state index in [0.29, 0.717) is 22.6 Å². The highest BCUT2D eigenvalue weighted by Gasteiger charge is 2.16. The van der Waals surface area contributed by atoms with E-state index in [0.717, 1.165) is 0 Å². The molecule has 2 aromatic rings. The number of Topliss-reactive ketones (excluding diaryl/α,β-unsaturated/α-hetero) is 1. The number of carbonyl (C=O) groups is 3. The highest BCUT2D eigenvalue weighted by atomic mass is 16.5. The van der Waals surface area contributed by atoms with Gasteiger partial charge in [-0.05, 0) is 63.2 Å². The summed E-state index contributed by atoms with van der Waals surface area (Å²) in [6, 6.07) is 13.1. The maximum atomic E-state index is 12.3. The molecule has 0 radical (unpaired) electrons. The number of carbonyl (C=O) groups excluding carboxylic acids is 3. The minimum Gasteiger partial charge on any atom is -0.481 e. The second-order valence-corrected chi connectivity index (χ2v) is 5.63. The van der Waals surface area contributed by atoms with E-state index in [1.54, 1.807) is 56.3 Å². The predicted molar refractivity (Wildman–Crippen MR) is 97.6 cm³/mol. The molecular formula is C20H21NO5. The van der Waals surface area contributed by atoms with Crippen molar-refractivity contribution in [1.29, 1.82) is 0 Å². The first-order valence-electron chi connectivity index (χ1n) is 8.26. The zero-order valence-corrected chi connectivity index (χ0v) is 14.9. The van der Waals surface area contributed by atoms with Crippen LogP contribution in [0, 0.1) is 0 Å². The quantitative estimate of drug-likeness (QED) is 0.607. The molecule has 1 atom stereocenters. The number of anilines is 1. The van der Waals surface area contributed by atoms with Crippen molar-refractivity contribution in [3.05, 3.63) is 59.7 Å². The van der Waals surface area contributed by atoms with Gasteiger partial charge in [-0.15, -0.1) is 0 Å². The molecule has 2 rings (SSSR count). The molecular weight excluding hydrogens is 334 g/mol. The summed E-state index contributed by atoms with van der Waals surface area (Å²) in [7, 11) is 0. The Kier molecular flexibility index (Phi) is 6.49. The van der Waals surface area contributed by atoms with Crippen LogP contribution in [0.25, 0.3) is 0 Å². The van der Waals surface area contributed by atoms with Gasteiger partial charge < -0.3 is 14.8 Å². The third-order valence-corrected chi connectivity index (χ3v) is 3.59. The summed E-state index contributed by atoms with van der Waals surface area (Å²) in [5, 5.41) is 2.72. The number of amides is 1. The Balaban J connectivity index is 1.99. The predicted octanol–water partition coefficient (Wildman–Crippen LogP) is 3.47. The summed E-state index contributed by atoms with van der Waals surface area (Å²) in [5.74, 6) is -0.436. The summed E-state index contributed by atoms with van der Waals surface area (Å²) < 4.78 is 10.5. The lowest BCUT2D eigenvalue weighted by Gasteiger charge is -2.15. The minimum atomic E-state index is -0.778. The Morgan fingerprint density at radius 3 is 2.35 bits per heavy atom. The Morgan fingerprint density at radius 2 is 1.73 bits per heavy atom. The molecule has 0 spiro atoms. The normalized spacial score (nSPS) is 11.3. The molecule has 0 heterocycles. The van der Waals surface area contributed by atoms with Crippen LogP contribution in [0.5, 0.6) is 5.75 Å². The number of hydrogen-bond acceptors (Lipinski definition) is 5. The molecule has 0 aliphatic rings. The lowest BCUT2D eigenvalue weighted by molar-refractivity contribution is -0.122. The highest BCUT2D eigenvalue weighted by Crippen LogP contribution is 2.17. The van der Waals surface area contributed by atoms with Gasteiger partial charge in [-0.1, -0.05) is 6.07 Å². The van der Waals surface area contributed by atoms with Crippen LogP contribution in [-0.2, 0) is 9.53 Å². The molecule has 0 saturated carbocycles. The van der Waals surface area contributed by atoms with E-state index in [9.17, 15) is 14.4 Å². The standard InChI is InChI=1S/C20H21NO5/c1-4-25-20(24)16-6-5-7-18(12-16)26-14(3)19(23)21-17-10-8-15(9-11-17)13(2)22/h5-12,14H,4H2,1-3H3,(H,21,23)/t14-/m1/s1. The number of hydrogen-bond donors (Lipinski definition) is 1. The Labute approximate surface area is 152 Å². The lowest BCUT2D eigenvalue weighted by atomic mass is 10.1. The van der Waals surface area contributed by atoms with Gasteiger partial charge in [0.25, 0.3) is 5.91 Å². The molecule has 26 heavy (non-hydrogen) atoms. The van der Waals surface area contributed by atoms with Crippen LogP contribution in [0.4, 0.5) is 5.69 Å². The number of ketones is 1. The molecule has 0 fully saturated rings. The summed E-state index contributed by atoms with van der Waals surface area (Å²) in [6.45, 7) is 5.10. The Bertz CT molecular complexity index is 798. The van der Waals surface area contributed by atoms with Crippen molar-refractivity contribution in [2.75, 3.05) is 11.9 Å². The molecule has 1 N–H and O–H groups in total. The van der Waals surface area contributed by atoms with Gasteiger partial charge in [0.1, 0.15) is 5.75 Å². The first-order valence-corrected chi connectivity index (χ1v) is 8.26. The van der Waals surface area contributed by atoms with Crippen LogP contribution >= 0.6 is 0 Å². The van der Waals surface area contributed by atoms with Crippen molar-refractivity contribution in [2.24, 2.45) is 0 Å². The van der Waals surface area contributed by atoms with E-state index in [-0.39, 0.29) is 18.3 Å². The van der Waals surface area contributed by atoms with E-state index in [1.807, 2.05) is 0 Å². The molecule has 6 heteroatoms. The Hall–Kier alpha value is -3.15. The van der Waals surface area contributed by atoms with Gasteiger partial charge in [0, 0.05) is 11.3 Å². The fraction of sp³-hybridized carbons (Fsp3) is 0.250. The van der Waals surface area contributed by atoms with Gasteiger partial charge in [-0.2, -0.15) is 0 Å². The van der Waals surface area contributed by atoms with Crippen LogP contribution in [0.2, 0.25) is 0 Å².